The van der Waals surface area contributed by atoms with E-state index in [4.69, 9.17) is 28.4 Å². The zero-order valence-electron chi connectivity index (χ0n) is 15.9. The van der Waals surface area contributed by atoms with Crippen LogP contribution in [0.5, 0.6) is 0 Å². The number of aliphatic hydroxyl groups excluding tert-OH is 2. The number of hydrogen-bond acceptors (Lipinski definition) is 8. The van der Waals surface area contributed by atoms with Gasteiger partial charge >= 0.3 is 0 Å². The highest BCUT2D eigenvalue weighted by Crippen LogP contribution is 2.20. The van der Waals surface area contributed by atoms with E-state index < -0.39 is 36.6 Å². The Morgan fingerprint density at radius 1 is 0.679 bits per heavy atom. The Kier molecular flexibility index (Phi) is 9.49. The van der Waals surface area contributed by atoms with Crippen LogP contribution in [0.4, 0.5) is 0 Å². The summed E-state index contributed by atoms with van der Waals surface area (Å²) >= 11 is 0. The molecule has 2 aliphatic heterocycles. The smallest absolute Gasteiger partial charge is 0.148 e. The van der Waals surface area contributed by atoms with Gasteiger partial charge in [-0.3, -0.25) is 0 Å². The first kappa shape index (κ1) is 22.9. The van der Waals surface area contributed by atoms with Gasteiger partial charge in [0.05, 0.1) is 13.2 Å². The third-order valence-electron chi connectivity index (χ3n) is 4.45. The van der Waals surface area contributed by atoms with Crippen LogP contribution in [0.2, 0.25) is 0 Å². The maximum atomic E-state index is 10.0. The minimum Gasteiger partial charge on any atom is -0.387 e. The van der Waals surface area contributed by atoms with Gasteiger partial charge in [0.15, 0.2) is 0 Å². The summed E-state index contributed by atoms with van der Waals surface area (Å²) in [6.45, 7) is 15.5. The van der Waals surface area contributed by atoms with Gasteiger partial charge in [0.2, 0.25) is 0 Å². The topological polar surface area (TPSA) is 102 Å². The van der Waals surface area contributed by atoms with Gasteiger partial charge in [-0.05, 0) is 0 Å². The minimum atomic E-state index is -0.791. The van der Waals surface area contributed by atoms with Gasteiger partial charge in [-0.2, -0.15) is 0 Å². The highest BCUT2D eigenvalue weighted by atomic mass is 16.7. The van der Waals surface area contributed by atoms with Crippen LogP contribution in [0.25, 0.3) is 0 Å². The summed E-state index contributed by atoms with van der Waals surface area (Å²) in [4.78, 5) is 0. The van der Waals surface area contributed by atoms with Crippen LogP contribution in [0.15, 0.2) is 50.6 Å². The van der Waals surface area contributed by atoms with E-state index in [0.29, 0.717) is 13.2 Å². The fourth-order valence-electron chi connectivity index (χ4n) is 2.53. The third kappa shape index (κ3) is 6.91. The molecule has 8 nitrogen and oxygen atoms in total. The van der Waals surface area contributed by atoms with Crippen molar-refractivity contribution in [1.82, 2.24) is 0 Å². The van der Waals surface area contributed by atoms with Gasteiger partial charge in [-0.1, -0.05) is 24.3 Å². The van der Waals surface area contributed by atoms with Crippen molar-refractivity contribution in [2.45, 2.75) is 48.8 Å². The molecular formula is C20H30O8. The average molecular weight is 398 g/mol. The van der Waals surface area contributed by atoms with Crippen molar-refractivity contribution in [2.24, 2.45) is 0 Å². The lowest BCUT2D eigenvalue weighted by Gasteiger charge is -2.25. The monoisotopic (exact) mass is 398 g/mol. The second kappa shape index (κ2) is 11.6. The molecule has 2 fully saturated rings. The second-order valence-electron chi connectivity index (χ2n) is 6.43. The number of ether oxygens (including phenoxy) is 6. The first-order chi connectivity index (χ1) is 13.5. The summed E-state index contributed by atoms with van der Waals surface area (Å²) in [6, 6.07) is 0. The normalized spacial score (nSPS) is 26.9. The van der Waals surface area contributed by atoms with E-state index in [2.05, 4.69) is 26.3 Å². The molecule has 2 aliphatic rings. The summed E-state index contributed by atoms with van der Waals surface area (Å²) in [5.74, 6) is 0. The molecule has 158 valence electrons. The highest BCUT2D eigenvalue weighted by molar-refractivity contribution is 4.97. The summed E-state index contributed by atoms with van der Waals surface area (Å²) in [6.07, 6.45) is 1.74. The van der Waals surface area contributed by atoms with E-state index in [9.17, 15) is 10.2 Å². The maximum Gasteiger partial charge on any atom is 0.148 e. The Balaban J connectivity index is 1.73. The average Bonchev–Trinajstić information content (AvgIpc) is 3.60. The molecule has 2 heterocycles. The minimum absolute atomic E-state index is 0.112. The molecule has 28 heavy (non-hydrogen) atoms. The van der Waals surface area contributed by atoms with Crippen LogP contribution in [-0.2, 0) is 28.4 Å². The Morgan fingerprint density at radius 3 is 1.21 bits per heavy atom. The largest absolute Gasteiger partial charge is 0.387 e. The standard InChI is InChI=1S/C20H30O8/c1-5-13(25-11-27-15(7-3)19(21)17-9-23-17)14(6-2)26-12-28-16(8-4)20(22)18-10-24-18/h5-8,13-22H,1-4,9-12H2/t13-,14-,15-,16-,17-,18-,19+,20+/m1/s1. The quantitative estimate of drug-likeness (QED) is 0.210. The highest BCUT2D eigenvalue weighted by Gasteiger charge is 2.37. The van der Waals surface area contributed by atoms with E-state index in [-0.39, 0.29) is 25.8 Å². The molecule has 0 aromatic heterocycles. The molecule has 0 amide bonds. The number of aliphatic hydroxyl groups is 2. The van der Waals surface area contributed by atoms with Crippen LogP contribution in [0, 0.1) is 0 Å². The van der Waals surface area contributed by atoms with Gasteiger partial charge in [0.25, 0.3) is 0 Å². The van der Waals surface area contributed by atoms with Gasteiger partial charge in [-0.25, -0.2) is 0 Å². The van der Waals surface area contributed by atoms with E-state index in [1.165, 1.54) is 12.2 Å². The van der Waals surface area contributed by atoms with Crippen LogP contribution in [-0.4, -0.2) is 85.8 Å². The summed E-state index contributed by atoms with van der Waals surface area (Å²) in [5, 5.41) is 20.0. The number of epoxide rings is 2. The molecule has 0 spiro atoms. The first-order valence-corrected chi connectivity index (χ1v) is 9.11. The van der Waals surface area contributed by atoms with Crippen LogP contribution in [0.1, 0.15) is 0 Å². The van der Waals surface area contributed by atoms with Gasteiger partial charge in [-0.15, -0.1) is 26.3 Å². The van der Waals surface area contributed by atoms with E-state index in [0.717, 1.165) is 0 Å². The van der Waals surface area contributed by atoms with Crippen molar-refractivity contribution in [3.63, 3.8) is 0 Å². The second-order valence-corrected chi connectivity index (χ2v) is 6.43. The Labute approximate surface area is 165 Å². The summed E-state index contributed by atoms with van der Waals surface area (Å²) in [5.41, 5.74) is 0. The molecule has 0 aromatic rings. The Morgan fingerprint density at radius 2 is 0.964 bits per heavy atom. The molecule has 0 bridgehead atoms. The predicted molar refractivity (Wildman–Crippen MR) is 102 cm³/mol. The lowest BCUT2D eigenvalue weighted by molar-refractivity contribution is -0.171. The van der Waals surface area contributed by atoms with Gasteiger partial charge in [0, 0.05) is 0 Å². The molecule has 2 saturated heterocycles. The molecule has 8 heteroatoms. The summed E-state index contributed by atoms with van der Waals surface area (Å²) < 4.78 is 32.4. The number of hydrogen-bond donors (Lipinski definition) is 2. The van der Waals surface area contributed by atoms with E-state index >= 15 is 0 Å². The Bertz CT molecular complexity index is 470. The van der Waals surface area contributed by atoms with Crippen molar-refractivity contribution < 1.29 is 38.6 Å². The van der Waals surface area contributed by atoms with Crippen LogP contribution < -0.4 is 0 Å². The molecule has 0 unspecified atom stereocenters. The molecular weight excluding hydrogens is 368 g/mol. The molecule has 2 N–H and O–H groups in total. The first-order valence-electron chi connectivity index (χ1n) is 9.11. The lowest BCUT2D eigenvalue weighted by atomic mass is 10.1. The Hall–Kier alpha value is -1.36. The lowest BCUT2D eigenvalue weighted by Crippen LogP contribution is -2.36. The third-order valence-corrected chi connectivity index (χ3v) is 4.45. The van der Waals surface area contributed by atoms with Crippen molar-refractivity contribution in [3.05, 3.63) is 50.6 Å². The van der Waals surface area contributed by atoms with Crippen molar-refractivity contribution in [2.75, 3.05) is 26.8 Å². The van der Waals surface area contributed by atoms with E-state index in [1.54, 1.807) is 12.2 Å². The fraction of sp³-hybridized carbons (Fsp3) is 0.600. The van der Waals surface area contributed by atoms with E-state index in [1.807, 2.05) is 0 Å². The van der Waals surface area contributed by atoms with Crippen molar-refractivity contribution in [1.29, 1.82) is 0 Å². The van der Waals surface area contributed by atoms with Crippen molar-refractivity contribution >= 4 is 0 Å². The predicted octanol–water partition coefficient (Wildman–Crippen LogP) is 0.706. The van der Waals surface area contributed by atoms with Crippen LogP contribution >= 0.6 is 0 Å². The summed E-state index contributed by atoms with van der Waals surface area (Å²) in [7, 11) is 0. The molecule has 0 saturated carbocycles. The maximum absolute atomic E-state index is 10.0. The van der Waals surface area contributed by atoms with Crippen LogP contribution in [0.3, 0.4) is 0 Å². The molecule has 0 aromatic carbocycles. The molecule has 0 radical (unpaired) electrons. The molecule has 0 aliphatic carbocycles. The fourth-order valence-corrected chi connectivity index (χ4v) is 2.53. The number of rotatable bonds is 17. The zero-order valence-corrected chi connectivity index (χ0v) is 15.9. The molecule has 2 rings (SSSR count). The van der Waals surface area contributed by atoms with Crippen molar-refractivity contribution in [3.8, 4) is 0 Å². The zero-order chi connectivity index (χ0) is 20.5. The van der Waals surface area contributed by atoms with Gasteiger partial charge < -0.3 is 38.6 Å². The van der Waals surface area contributed by atoms with Gasteiger partial charge in [0.1, 0.15) is 62.4 Å². The molecule has 8 atom stereocenters. The SMILES string of the molecule is C=C[C@@H](OCO[C@H](C=C)[C@@H](C=C)OCO[C@H](C=C)[C@H](O)[C@H]1CO1)[C@H](O)[C@H]1CO1.